The fourth-order valence-electron chi connectivity index (χ4n) is 0.804. The Bertz CT molecular complexity index is 174. The molecule has 0 atom stereocenters. The number of rotatable bonds is 4. The third-order valence-corrected chi connectivity index (χ3v) is 1.35. The lowest BCUT2D eigenvalue weighted by Gasteiger charge is -2.09. The lowest BCUT2D eigenvalue weighted by atomic mass is 10.4. The third kappa shape index (κ3) is 11.7. The van der Waals surface area contributed by atoms with E-state index < -0.39 is 12.6 Å². The van der Waals surface area contributed by atoms with Crippen molar-refractivity contribution in [2.75, 3.05) is 19.6 Å². The Labute approximate surface area is 105 Å². The van der Waals surface area contributed by atoms with E-state index in [4.69, 9.17) is 0 Å². The Kier molecular flexibility index (Phi) is 10.4. The van der Waals surface area contributed by atoms with Crippen molar-refractivity contribution in [1.29, 1.82) is 0 Å². The molecule has 0 aliphatic carbocycles. The molecule has 0 heterocycles. The predicted octanol–water partition coefficient (Wildman–Crippen LogP) is 2.13. The van der Waals surface area contributed by atoms with Crippen molar-refractivity contribution < 1.29 is 13.2 Å². The van der Waals surface area contributed by atoms with Crippen molar-refractivity contribution in [2.45, 2.75) is 26.4 Å². The number of nitrogens with one attached hydrogen (secondary N) is 2. The third-order valence-electron chi connectivity index (χ3n) is 1.35. The van der Waals surface area contributed by atoms with Gasteiger partial charge in [-0.2, -0.15) is 13.2 Å². The van der Waals surface area contributed by atoms with Crippen molar-refractivity contribution in [3.8, 4) is 0 Å². The molecule has 0 aliphatic rings. The zero-order valence-corrected chi connectivity index (χ0v) is 11.1. The highest BCUT2D eigenvalue weighted by molar-refractivity contribution is 14.0. The summed E-state index contributed by atoms with van der Waals surface area (Å²) in [4.78, 5) is 3.76. The van der Waals surface area contributed by atoms with Crippen LogP contribution in [0.25, 0.3) is 0 Å². The maximum absolute atomic E-state index is 11.8. The largest absolute Gasteiger partial charge is 0.390 e. The molecule has 0 amide bonds. The Morgan fingerprint density at radius 2 is 1.60 bits per heavy atom. The summed E-state index contributed by atoms with van der Waals surface area (Å²) in [6.45, 7) is 4.75. The van der Waals surface area contributed by atoms with Gasteiger partial charge in [-0.15, -0.1) is 24.0 Å². The molecule has 92 valence electrons. The summed E-state index contributed by atoms with van der Waals surface area (Å²) in [5.41, 5.74) is 0. The number of alkyl halides is 3. The van der Waals surface area contributed by atoms with E-state index in [0.717, 1.165) is 0 Å². The number of aliphatic imine (C=N–C) groups is 1. The summed E-state index contributed by atoms with van der Waals surface area (Å²) >= 11 is 0. The molecule has 2 N–H and O–H groups in total. The van der Waals surface area contributed by atoms with Crippen LogP contribution in [0.3, 0.4) is 0 Å². The lowest BCUT2D eigenvalue weighted by molar-refractivity contribution is -0.132. The van der Waals surface area contributed by atoms with Gasteiger partial charge in [-0.25, -0.2) is 0 Å². The molecule has 0 radical (unpaired) electrons. The van der Waals surface area contributed by atoms with E-state index in [9.17, 15) is 13.2 Å². The van der Waals surface area contributed by atoms with Crippen molar-refractivity contribution in [3.05, 3.63) is 0 Å². The highest BCUT2D eigenvalue weighted by atomic mass is 127. The van der Waals surface area contributed by atoms with E-state index in [1.54, 1.807) is 0 Å². The van der Waals surface area contributed by atoms with Crippen LogP contribution in [0.2, 0.25) is 0 Å². The van der Waals surface area contributed by atoms with Gasteiger partial charge in [0.25, 0.3) is 0 Å². The minimum Gasteiger partial charge on any atom is -0.357 e. The van der Waals surface area contributed by atoms with Crippen LogP contribution in [0.5, 0.6) is 0 Å². The molecular formula is C8H17F3IN3. The molecule has 0 spiro atoms. The topological polar surface area (TPSA) is 36.4 Å². The summed E-state index contributed by atoms with van der Waals surface area (Å²) in [6, 6.07) is 0. The first-order valence-electron chi connectivity index (χ1n) is 4.58. The first-order valence-corrected chi connectivity index (χ1v) is 4.58. The van der Waals surface area contributed by atoms with E-state index >= 15 is 0 Å². The van der Waals surface area contributed by atoms with E-state index in [2.05, 4.69) is 15.6 Å². The first kappa shape index (κ1) is 17.2. The second-order valence-corrected chi connectivity index (χ2v) is 2.66. The summed E-state index contributed by atoms with van der Waals surface area (Å²) in [6.07, 6.45) is -5.01. The van der Waals surface area contributed by atoms with Crippen LogP contribution in [0.15, 0.2) is 4.99 Å². The molecule has 3 nitrogen and oxygen atoms in total. The Morgan fingerprint density at radius 1 is 1.13 bits per heavy atom. The van der Waals surface area contributed by atoms with Crippen LogP contribution in [0.1, 0.15) is 20.3 Å². The second kappa shape index (κ2) is 9.05. The van der Waals surface area contributed by atoms with Crippen molar-refractivity contribution in [3.63, 3.8) is 0 Å². The fourth-order valence-corrected chi connectivity index (χ4v) is 0.804. The van der Waals surface area contributed by atoms with E-state index in [-0.39, 0.29) is 30.5 Å². The molecular weight excluding hydrogens is 322 g/mol. The average molecular weight is 339 g/mol. The molecule has 0 aliphatic heterocycles. The molecule has 0 unspecified atom stereocenters. The van der Waals surface area contributed by atoms with Gasteiger partial charge in [-0.1, -0.05) is 0 Å². The van der Waals surface area contributed by atoms with Crippen molar-refractivity contribution in [2.24, 2.45) is 4.99 Å². The predicted molar refractivity (Wildman–Crippen MR) is 65.7 cm³/mol. The van der Waals surface area contributed by atoms with Crippen LogP contribution < -0.4 is 10.6 Å². The van der Waals surface area contributed by atoms with Gasteiger partial charge >= 0.3 is 6.18 Å². The van der Waals surface area contributed by atoms with Crippen molar-refractivity contribution in [1.82, 2.24) is 10.6 Å². The minimum absolute atomic E-state index is 0. The second-order valence-electron chi connectivity index (χ2n) is 2.66. The van der Waals surface area contributed by atoms with Gasteiger partial charge < -0.3 is 10.6 Å². The number of hydrogen-bond acceptors (Lipinski definition) is 1. The monoisotopic (exact) mass is 339 g/mol. The van der Waals surface area contributed by atoms with Gasteiger partial charge in [-0.3, -0.25) is 4.99 Å². The number of nitrogens with zero attached hydrogens (tertiary/aromatic N) is 1. The smallest absolute Gasteiger partial charge is 0.357 e. The lowest BCUT2D eigenvalue weighted by Crippen LogP contribution is -2.37. The molecule has 0 saturated heterocycles. The van der Waals surface area contributed by atoms with Gasteiger partial charge in [0.1, 0.15) is 0 Å². The van der Waals surface area contributed by atoms with E-state index in [1.807, 2.05) is 13.8 Å². The number of guanidine groups is 1. The van der Waals surface area contributed by atoms with E-state index in [1.165, 1.54) is 0 Å². The highest BCUT2D eigenvalue weighted by Crippen LogP contribution is 2.18. The van der Waals surface area contributed by atoms with Gasteiger partial charge in [0, 0.05) is 13.1 Å². The summed E-state index contributed by atoms with van der Waals surface area (Å²) in [5.74, 6) is 0.430. The van der Waals surface area contributed by atoms with Crippen LogP contribution in [0.4, 0.5) is 13.2 Å². The molecule has 0 saturated carbocycles. The summed E-state index contributed by atoms with van der Waals surface area (Å²) in [7, 11) is 0. The zero-order chi connectivity index (χ0) is 11.0. The van der Waals surface area contributed by atoms with Gasteiger partial charge in [0.05, 0.1) is 13.0 Å². The fraction of sp³-hybridized carbons (Fsp3) is 0.875. The first-order chi connectivity index (χ1) is 6.49. The molecule has 7 heteroatoms. The van der Waals surface area contributed by atoms with Crippen LogP contribution in [0, 0.1) is 0 Å². The van der Waals surface area contributed by atoms with E-state index in [0.29, 0.717) is 19.0 Å². The van der Waals surface area contributed by atoms with Crippen LogP contribution in [-0.2, 0) is 0 Å². The number of halogens is 4. The normalized spacial score (nSPS) is 10.2. The SMILES string of the molecule is CCNC(=NCCC(F)(F)F)NCC.I. The highest BCUT2D eigenvalue weighted by Gasteiger charge is 2.26. The zero-order valence-electron chi connectivity index (χ0n) is 8.82. The Hall–Kier alpha value is -0.210. The quantitative estimate of drug-likeness (QED) is 0.468. The molecule has 0 bridgehead atoms. The molecule has 0 aromatic heterocycles. The van der Waals surface area contributed by atoms with Gasteiger partial charge in [-0.05, 0) is 13.8 Å². The summed E-state index contributed by atoms with van der Waals surface area (Å²) < 4.78 is 35.3. The average Bonchev–Trinajstić information content (AvgIpc) is 2.02. The minimum atomic E-state index is -4.13. The van der Waals surface area contributed by atoms with Crippen LogP contribution in [-0.4, -0.2) is 31.8 Å². The van der Waals surface area contributed by atoms with Crippen LogP contribution >= 0.6 is 24.0 Å². The summed E-state index contributed by atoms with van der Waals surface area (Å²) in [5, 5.41) is 5.68. The maximum Gasteiger partial charge on any atom is 0.390 e. The molecule has 0 fully saturated rings. The molecule has 15 heavy (non-hydrogen) atoms. The Morgan fingerprint density at radius 3 is 1.93 bits per heavy atom. The van der Waals surface area contributed by atoms with Crippen molar-refractivity contribution >= 4 is 29.9 Å². The maximum atomic E-state index is 11.8. The number of hydrogen-bond donors (Lipinski definition) is 2. The molecule has 0 aromatic rings. The Balaban J connectivity index is 0. The molecule has 0 aromatic carbocycles. The standard InChI is InChI=1S/C8H16F3N3.HI/c1-3-12-7(13-4-2)14-6-5-8(9,10)11;/h3-6H2,1-2H3,(H2,12,13,14);1H. The van der Waals surface area contributed by atoms with Gasteiger partial charge in [0.2, 0.25) is 0 Å². The van der Waals surface area contributed by atoms with Gasteiger partial charge in [0.15, 0.2) is 5.96 Å². The molecule has 0 rings (SSSR count).